The minimum absolute atomic E-state index is 0.0595. The molecule has 6 rings (SSSR count). The third-order valence-electron chi connectivity index (χ3n) is 11.1. The van der Waals surface area contributed by atoms with E-state index in [-0.39, 0.29) is 85.1 Å². The Kier molecular flexibility index (Phi) is 18.2. The van der Waals surface area contributed by atoms with Gasteiger partial charge in [-0.15, -0.1) is 0 Å². The van der Waals surface area contributed by atoms with Crippen molar-refractivity contribution in [1.82, 2.24) is 50.1 Å². The van der Waals surface area contributed by atoms with Crippen LogP contribution in [0.25, 0.3) is 0 Å². The SMILES string of the molecule is Cc1c(N[C@@H](C)COCCC(=O)N2CCN(c3ncc(C(F)(F)F)cn3)C[C@@H]2C)cn[nH]c1=O.Cc1c(N[C@@H](C)COCCC(=O)N2CCN(c3ncc(C(F)(F)F)cn3)C[C@H]2C)cn[nH]c1=O. The van der Waals surface area contributed by atoms with Crippen LogP contribution in [0.1, 0.15) is 62.8 Å². The van der Waals surface area contributed by atoms with Gasteiger partial charge in [0.15, 0.2) is 0 Å². The second kappa shape index (κ2) is 23.5. The van der Waals surface area contributed by atoms with Crippen molar-refractivity contribution in [3.8, 4) is 0 Å². The highest BCUT2D eigenvalue weighted by Gasteiger charge is 2.34. The van der Waals surface area contributed by atoms with Gasteiger partial charge >= 0.3 is 12.4 Å². The van der Waals surface area contributed by atoms with Gasteiger partial charge in [0, 0.05) is 99.4 Å². The van der Waals surface area contributed by atoms with Gasteiger partial charge in [0.25, 0.3) is 11.1 Å². The van der Waals surface area contributed by atoms with Gasteiger partial charge in [-0.25, -0.2) is 30.1 Å². The van der Waals surface area contributed by atoms with E-state index in [1.165, 1.54) is 12.4 Å². The Bertz CT molecular complexity index is 2220. The molecular formula is C42H56F6N14O6. The van der Waals surface area contributed by atoms with Crippen molar-refractivity contribution in [3.05, 3.63) is 80.1 Å². The van der Waals surface area contributed by atoms with E-state index < -0.39 is 23.5 Å². The summed E-state index contributed by atoms with van der Waals surface area (Å²) in [4.78, 5) is 70.8. The summed E-state index contributed by atoms with van der Waals surface area (Å²) in [5.74, 6) is 0.303. The van der Waals surface area contributed by atoms with Crippen LogP contribution in [0.5, 0.6) is 0 Å². The maximum atomic E-state index is 12.7. The highest BCUT2D eigenvalue weighted by molar-refractivity contribution is 5.77. The van der Waals surface area contributed by atoms with Crippen LogP contribution in [0.2, 0.25) is 0 Å². The van der Waals surface area contributed by atoms with Gasteiger partial charge in [-0.2, -0.15) is 36.5 Å². The molecule has 0 spiro atoms. The Morgan fingerprint density at radius 3 is 1.32 bits per heavy atom. The van der Waals surface area contributed by atoms with Crippen molar-refractivity contribution in [2.75, 3.05) is 86.1 Å². The molecule has 372 valence electrons. The molecule has 0 radical (unpaired) electrons. The summed E-state index contributed by atoms with van der Waals surface area (Å²) in [6.45, 7) is 14.6. The average molecular weight is 967 g/mol. The summed E-state index contributed by atoms with van der Waals surface area (Å²) in [5, 5.41) is 18.6. The molecule has 4 atom stereocenters. The van der Waals surface area contributed by atoms with Crippen molar-refractivity contribution < 1.29 is 45.4 Å². The number of aromatic nitrogens is 8. The molecule has 26 heteroatoms. The quantitative estimate of drug-likeness (QED) is 0.0927. The fraction of sp³-hybridized carbons (Fsp3) is 0.571. The molecule has 20 nitrogen and oxygen atoms in total. The molecule has 0 aliphatic carbocycles. The number of nitrogens with zero attached hydrogens (tertiary/aromatic N) is 10. The second-order valence-electron chi connectivity index (χ2n) is 16.5. The number of piperazine rings is 2. The van der Waals surface area contributed by atoms with E-state index in [0.29, 0.717) is 75.0 Å². The molecule has 0 saturated carbocycles. The smallest absolute Gasteiger partial charge is 0.379 e. The van der Waals surface area contributed by atoms with Crippen LogP contribution in [0.4, 0.5) is 49.6 Å². The van der Waals surface area contributed by atoms with E-state index in [1.54, 1.807) is 33.4 Å². The van der Waals surface area contributed by atoms with Gasteiger partial charge in [0.05, 0.1) is 74.2 Å². The van der Waals surface area contributed by atoms with Crippen LogP contribution < -0.4 is 31.6 Å². The number of H-pyrrole nitrogens is 2. The predicted octanol–water partition coefficient (Wildman–Crippen LogP) is 3.66. The summed E-state index contributed by atoms with van der Waals surface area (Å²) < 4.78 is 87.4. The molecule has 6 heterocycles. The van der Waals surface area contributed by atoms with E-state index in [2.05, 4.69) is 51.0 Å². The number of carbonyl (C=O) groups is 2. The first-order valence-electron chi connectivity index (χ1n) is 21.8. The third-order valence-corrected chi connectivity index (χ3v) is 11.1. The van der Waals surface area contributed by atoms with E-state index in [1.807, 2.05) is 27.7 Å². The first kappa shape index (κ1) is 52.5. The Hall–Kier alpha value is -6.44. The van der Waals surface area contributed by atoms with Crippen LogP contribution in [0.15, 0.2) is 46.8 Å². The monoisotopic (exact) mass is 966 g/mol. The molecule has 4 aromatic rings. The van der Waals surface area contributed by atoms with Crippen molar-refractivity contribution >= 4 is 35.1 Å². The fourth-order valence-electron chi connectivity index (χ4n) is 7.23. The summed E-state index contributed by atoms with van der Waals surface area (Å²) in [6.07, 6.45) is -2.40. The van der Waals surface area contributed by atoms with Gasteiger partial charge in [0.1, 0.15) is 0 Å². The van der Waals surface area contributed by atoms with E-state index in [9.17, 15) is 45.5 Å². The number of hydrogen-bond acceptors (Lipinski definition) is 16. The third kappa shape index (κ3) is 14.8. The van der Waals surface area contributed by atoms with Crippen molar-refractivity contribution in [1.29, 1.82) is 0 Å². The largest absolute Gasteiger partial charge is 0.419 e. The normalized spacial score (nSPS) is 17.5. The molecule has 4 N–H and O–H groups in total. The highest BCUT2D eigenvalue weighted by Crippen LogP contribution is 2.30. The topological polar surface area (TPSA) is 233 Å². The predicted molar refractivity (Wildman–Crippen MR) is 237 cm³/mol. The van der Waals surface area contributed by atoms with Crippen molar-refractivity contribution in [2.24, 2.45) is 0 Å². The van der Waals surface area contributed by atoms with Gasteiger partial charge in [-0.3, -0.25) is 19.2 Å². The van der Waals surface area contributed by atoms with E-state index >= 15 is 0 Å². The lowest BCUT2D eigenvalue weighted by molar-refractivity contribution is -0.138. The zero-order chi connectivity index (χ0) is 49.8. The lowest BCUT2D eigenvalue weighted by Gasteiger charge is -2.40. The van der Waals surface area contributed by atoms with Crippen LogP contribution in [-0.2, 0) is 31.4 Å². The Morgan fingerprint density at radius 2 is 1.00 bits per heavy atom. The van der Waals surface area contributed by atoms with E-state index in [0.717, 1.165) is 24.8 Å². The van der Waals surface area contributed by atoms with Crippen molar-refractivity contribution in [3.63, 3.8) is 0 Å². The minimum Gasteiger partial charge on any atom is -0.379 e. The molecule has 2 amide bonds. The Morgan fingerprint density at radius 1 is 0.647 bits per heavy atom. The Labute approximate surface area is 387 Å². The molecule has 4 aromatic heterocycles. The molecule has 0 bridgehead atoms. The maximum absolute atomic E-state index is 12.7. The fourth-order valence-corrected chi connectivity index (χ4v) is 7.23. The number of aromatic amines is 2. The summed E-state index contributed by atoms with van der Waals surface area (Å²) in [7, 11) is 0. The van der Waals surface area contributed by atoms with Gasteiger partial charge in [0.2, 0.25) is 23.7 Å². The van der Waals surface area contributed by atoms with Gasteiger partial charge in [-0.1, -0.05) is 0 Å². The van der Waals surface area contributed by atoms with Gasteiger partial charge < -0.3 is 39.7 Å². The molecule has 0 aromatic carbocycles. The number of ether oxygens (including phenoxy) is 2. The number of hydrogen-bond donors (Lipinski definition) is 4. The molecule has 68 heavy (non-hydrogen) atoms. The van der Waals surface area contributed by atoms with Crippen LogP contribution >= 0.6 is 0 Å². The van der Waals surface area contributed by atoms with Crippen molar-refractivity contribution in [2.45, 2.75) is 90.9 Å². The molecular weight excluding hydrogens is 911 g/mol. The highest BCUT2D eigenvalue weighted by atomic mass is 19.4. The Balaban J connectivity index is 0.000000254. The summed E-state index contributed by atoms with van der Waals surface area (Å²) >= 11 is 0. The average Bonchev–Trinajstić information content (AvgIpc) is 3.29. The molecule has 2 aliphatic heterocycles. The van der Waals surface area contributed by atoms with Crippen LogP contribution in [0.3, 0.4) is 0 Å². The standard InChI is InChI=1S/2C21H28F3N7O3/c2*1-13(28-17-10-27-29-19(33)15(17)3)12-34-7-4-18(32)31-6-5-30(11-14(31)2)20-25-8-16(9-26-20)21(22,23)24/h2*8-10,13-14H,4-7,11-12H2,1-3H3,(H2,28,29,33)/t13-,14+;13-,14-/m00/s1. The summed E-state index contributed by atoms with van der Waals surface area (Å²) in [5.41, 5.74) is 0.00218. The number of amides is 2. The molecule has 2 saturated heterocycles. The number of anilines is 4. The zero-order valence-corrected chi connectivity index (χ0v) is 38.4. The lowest BCUT2D eigenvalue weighted by atomic mass is 10.2. The number of rotatable bonds is 16. The van der Waals surface area contributed by atoms with Gasteiger partial charge in [-0.05, 0) is 41.5 Å². The lowest BCUT2D eigenvalue weighted by Crippen LogP contribution is -2.54. The van der Waals surface area contributed by atoms with E-state index in [4.69, 9.17) is 9.47 Å². The molecule has 2 fully saturated rings. The van der Waals surface area contributed by atoms with Crippen LogP contribution in [0, 0.1) is 13.8 Å². The maximum Gasteiger partial charge on any atom is 0.419 e. The number of nitrogens with one attached hydrogen (secondary N) is 4. The van der Waals surface area contributed by atoms with Crippen LogP contribution in [-0.4, -0.2) is 152 Å². The molecule has 0 unspecified atom stereocenters. The zero-order valence-electron chi connectivity index (χ0n) is 38.4. The molecule has 2 aliphatic rings. The minimum atomic E-state index is -4.48. The summed E-state index contributed by atoms with van der Waals surface area (Å²) in [6, 6.07) is -0.494. The first-order valence-corrected chi connectivity index (χ1v) is 21.8. The number of alkyl halides is 6. The first-order chi connectivity index (χ1) is 32.1. The number of carbonyl (C=O) groups excluding carboxylic acids is 2. The number of halogens is 6. The second-order valence-corrected chi connectivity index (χ2v) is 16.5.